The summed E-state index contributed by atoms with van der Waals surface area (Å²) in [5, 5.41) is 3.15. The van der Waals surface area contributed by atoms with Gasteiger partial charge in [-0.05, 0) is 30.7 Å². The fourth-order valence-corrected chi connectivity index (χ4v) is 1.26. The van der Waals surface area contributed by atoms with Gasteiger partial charge in [-0.1, -0.05) is 13.5 Å². The molecule has 0 bridgehead atoms. The Bertz CT molecular complexity index is 380. The zero-order valence-corrected chi connectivity index (χ0v) is 9.93. The topological polar surface area (TPSA) is 21.3 Å². The van der Waals surface area contributed by atoms with E-state index in [4.69, 9.17) is 4.74 Å². The van der Waals surface area contributed by atoms with Gasteiger partial charge in [-0.3, -0.25) is 0 Å². The third-order valence-electron chi connectivity index (χ3n) is 2.13. The minimum Gasteiger partial charge on any atom is -0.486 e. The summed E-state index contributed by atoms with van der Waals surface area (Å²) in [7, 11) is 0. The minimum atomic E-state index is -0.569. The molecule has 17 heavy (non-hydrogen) atoms. The minimum absolute atomic E-state index is 0.0818. The molecule has 0 aromatic heterocycles. The SMILES string of the molecule is C=C(CNCCC)COc1cc(F)ccc1F. The van der Waals surface area contributed by atoms with Gasteiger partial charge in [0.15, 0.2) is 11.6 Å². The molecule has 1 aromatic carbocycles. The van der Waals surface area contributed by atoms with Crippen molar-refractivity contribution in [2.24, 2.45) is 0 Å². The van der Waals surface area contributed by atoms with Crippen LogP contribution in [-0.4, -0.2) is 19.7 Å². The van der Waals surface area contributed by atoms with Crippen molar-refractivity contribution >= 4 is 0 Å². The summed E-state index contributed by atoms with van der Waals surface area (Å²) >= 11 is 0. The van der Waals surface area contributed by atoms with Crippen LogP contribution in [0.25, 0.3) is 0 Å². The van der Waals surface area contributed by atoms with Gasteiger partial charge in [0.05, 0.1) is 0 Å². The number of ether oxygens (including phenoxy) is 1. The summed E-state index contributed by atoms with van der Waals surface area (Å²) in [4.78, 5) is 0. The first-order chi connectivity index (χ1) is 8.13. The van der Waals surface area contributed by atoms with Gasteiger partial charge in [-0.2, -0.15) is 0 Å². The molecule has 0 saturated carbocycles. The van der Waals surface area contributed by atoms with Gasteiger partial charge in [0.2, 0.25) is 0 Å². The molecule has 1 N–H and O–H groups in total. The van der Waals surface area contributed by atoms with Gasteiger partial charge in [0.25, 0.3) is 0 Å². The van der Waals surface area contributed by atoms with Crippen molar-refractivity contribution in [3.63, 3.8) is 0 Å². The van der Waals surface area contributed by atoms with Crippen molar-refractivity contribution in [2.45, 2.75) is 13.3 Å². The van der Waals surface area contributed by atoms with Crippen molar-refractivity contribution in [3.8, 4) is 5.75 Å². The Kier molecular flexibility index (Phi) is 5.63. The van der Waals surface area contributed by atoms with Crippen molar-refractivity contribution in [3.05, 3.63) is 42.0 Å². The maximum atomic E-state index is 13.2. The van der Waals surface area contributed by atoms with Gasteiger partial charge in [0, 0.05) is 12.6 Å². The molecule has 4 heteroatoms. The van der Waals surface area contributed by atoms with Crippen LogP contribution >= 0.6 is 0 Å². The average Bonchev–Trinajstić information content (AvgIpc) is 2.31. The third kappa shape index (κ3) is 4.95. The van der Waals surface area contributed by atoms with Crippen molar-refractivity contribution in [1.82, 2.24) is 5.32 Å². The smallest absolute Gasteiger partial charge is 0.165 e. The predicted octanol–water partition coefficient (Wildman–Crippen LogP) is 2.90. The second-order valence-corrected chi connectivity index (χ2v) is 3.79. The van der Waals surface area contributed by atoms with E-state index in [1.54, 1.807) is 0 Å². The Morgan fingerprint density at radius 2 is 2.18 bits per heavy atom. The van der Waals surface area contributed by atoms with Crippen LogP contribution in [0.1, 0.15) is 13.3 Å². The lowest BCUT2D eigenvalue weighted by atomic mass is 10.3. The van der Waals surface area contributed by atoms with E-state index in [1.165, 1.54) is 0 Å². The summed E-state index contributed by atoms with van der Waals surface area (Å²) in [6.45, 7) is 7.54. The van der Waals surface area contributed by atoms with Crippen LogP contribution in [0, 0.1) is 11.6 Å². The van der Waals surface area contributed by atoms with Gasteiger partial charge < -0.3 is 10.1 Å². The van der Waals surface area contributed by atoms with Crippen molar-refractivity contribution < 1.29 is 13.5 Å². The molecule has 0 spiro atoms. The number of hydrogen-bond donors (Lipinski definition) is 1. The molecule has 2 nitrogen and oxygen atoms in total. The summed E-state index contributed by atoms with van der Waals surface area (Å²) in [5.74, 6) is -1.17. The molecule has 0 atom stereocenters. The van der Waals surface area contributed by atoms with E-state index >= 15 is 0 Å². The first-order valence-electron chi connectivity index (χ1n) is 5.58. The van der Waals surface area contributed by atoms with Crippen LogP contribution in [0.4, 0.5) is 8.78 Å². The number of benzene rings is 1. The van der Waals surface area contributed by atoms with E-state index in [-0.39, 0.29) is 12.4 Å². The summed E-state index contributed by atoms with van der Waals surface area (Å²) in [6.07, 6.45) is 1.03. The Balaban J connectivity index is 2.39. The molecule has 0 heterocycles. The summed E-state index contributed by atoms with van der Waals surface area (Å²) < 4.78 is 31.2. The zero-order chi connectivity index (χ0) is 12.7. The summed E-state index contributed by atoms with van der Waals surface area (Å²) in [5.41, 5.74) is 0.794. The van der Waals surface area contributed by atoms with E-state index in [2.05, 4.69) is 18.8 Å². The lowest BCUT2D eigenvalue weighted by molar-refractivity contribution is 0.327. The molecule has 0 aliphatic heterocycles. The maximum absolute atomic E-state index is 13.2. The first kappa shape index (κ1) is 13.6. The standard InChI is InChI=1S/C13H17F2NO/c1-3-6-16-8-10(2)9-17-13-7-11(14)4-5-12(13)15/h4-5,7,16H,2-3,6,8-9H2,1H3. The zero-order valence-electron chi connectivity index (χ0n) is 9.93. The fourth-order valence-electron chi connectivity index (χ4n) is 1.26. The number of nitrogens with one attached hydrogen (secondary N) is 1. The Morgan fingerprint density at radius 1 is 1.41 bits per heavy atom. The third-order valence-corrected chi connectivity index (χ3v) is 2.13. The molecule has 0 fully saturated rings. The van der Waals surface area contributed by atoms with E-state index in [9.17, 15) is 8.78 Å². The largest absolute Gasteiger partial charge is 0.486 e. The number of rotatable bonds is 7. The molecule has 0 radical (unpaired) electrons. The molecule has 0 aliphatic rings. The van der Waals surface area contributed by atoms with E-state index < -0.39 is 11.6 Å². The van der Waals surface area contributed by atoms with E-state index in [1.807, 2.05) is 0 Å². The Morgan fingerprint density at radius 3 is 2.88 bits per heavy atom. The van der Waals surface area contributed by atoms with E-state index in [0.717, 1.165) is 36.7 Å². The van der Waals surface area contributed by atoms with E-state index in [0.29, 0.717) is 6.54 Å². The van der Waals surface area contributed by atoms with Gasteiger partial charge in [-0.25, -0.2) is 8.78 Å². The highest BCUT2D eigenvalue weighted by Crippen LogP contribution is 2.18. The fraction of sp³-hybridized carbons (Fsp3) is 0.385. The van der Waals surface area contributed by atoms with Crippen molar-refractivity contribution in [2.75, 3.05) is 19.7 Å². The van der Waals surface area contributed by atoms with Crippen LogP contribution in [0.3, 0.4) is 0 Å². The molecule has 94 valence electrons. The lowest BCUT2D eigenvalue weighted by Gasteiger charge is -2.10. The lowest BCUT2D eigenvalue weighted by Crippen LogP contribution is -2.20. The molecule has 0 aliphatic carbocycles. The normalized spacial score (nSPS) is 10.3. The highest BCUT2D eigenvalue weighted by atomic mass is 19.1. The Hall–Kier alpha value is -1.42. The first-order valence-corrected chi connectivity index (χ1v) is 5.58. The monoisotopic (exact) mass is 241 g/mol. The van der Waals surface area contributed by atoms with Crippen LogP contribution in [0.15, 0.2) is 30.4 Å². The quantitative estimate of drug-likeness (QED) is 0.585. The molecular formula is C13H17F2NO. The summed E-state index contributed by atoms with van der Waals surface area (Å²) in [6, 6.07) is 3.13. The van der Waals surface area contributed by atoms with Crippen LogP contribution in [-0.2, 0) is 0 Å². The average molecular weight is 241 g/mol. The predicted molar refractivity (Wildman–Crippen MR) is 64.2 cm³/mol. The Labute approximate surface area is 100 Å². The second kappa shape index (κ2) is 7.01. The van der Waals surface area contributed by atoms with Crippen LogP contribution in [0.5, 0.6) is 5.75 Å². The molecule has 0 amide bonds. The molecule has 1 aromatic rings. The van der Waals surface area contributed by atoms with Gasteiger partial charge >= 0.3 is 0 Å². The van der Waals surface area contributed by atoms with Crippen LogP contribution in [0.2, 0.25) is 0 Å². The van der Waals surface area contributed by atoms with Crippen molar-refractivity contribution in [1.29, 1.82) is 0 Å². The van der Waals surface area contributed by atoms with Gasteiger partial charge in [-0.15, -0.1) is 0 Å². The molecule has 0 unspecified atom stereocenters. The maximum Gasteiger partial charge on any atom is 0.165 e. The second-order valence-electron chi connectivity index (χ2n) is 3.79. The van der Waals surface area contributed by atoms with Crippen LogP contribution < -0.4 is 10.1 Å². The number of hydrogen-bond acceptors (Lipinski definition) is 2. The highest BCUT2D eigenvalue weighted by molar-refractivity contribution is 5.25. The molecule has 0 saturated heterocycles. The van der Waals surface area contributed by atoms with Gasteiger partial charge in [0.1, 0.15) is 12.4 Å². The number of halogens is 2. The molecule has 1 rings (SSSR count). The molecular weight excluding hydrogens is 224 g/mol. The highest BCUT2D eigenvalue weighted by Gasteiger charge is 2.05.